The Labute approximate surface area is 211 Å². The summed E-state index contributed by atoms with van der Waals surface area (Å²) < 4.78 is 0. The third kappa shape index (κ3) is 5.07. The number of para-hydroxylation sites is 1. The van der Waals surface area contributed by atoms with E-state index in [1.54, 1.807) is 6.20 Å². The van der Waals surface area contributed by atoms with Gasteiger partial charge in [0.2, 0.25) is 11.9 Å². The van der Waals surface area contributed by atoms with Crippen molar-refractivity contribution in [2.45, 2.75) is 56.7 Å². The first kappa shape index (κ1) is 23.8. The number of carbonyl (C=O) groups excluding carboxylic acids is 1. The number of nitrogens with zero attached hydrogens (tertiary/aromatic N) is 4. The zero-order chi connectivity index (χ0) is 24.4. The summed E-state index contributed by atoms with van der Waals surface area (Å²) >= 11 is 6.52. The van der Waals surface area contributed by atoms with Crippen molar-refractivity contribution in [3.8, 4) is 11.3 Å². The number of rotatable bonds is 6. The first-order valence-corrected chi connectivity index (χ1v) is 12.9. The quantitative estimate of drug-likeness (QED) is 0.467. The Bertz CT molecular complexity index is 1200. The summed E-state index contributed by atoms with van der Waals surface area (Å²) in [5, 5.41) is 5.23. The number of hydrogen-bond donors (Lipinski definition) is 2. The van der Waals surface area contributed by atoms with Gasteiger partial charge in [0.05, 0.1) is 16.9 Å². The van der Waals surface area contributed by atoms with Crippen molar-refractivity contribution in [1.29, 1.82) is 0 Å². The number of aromatic amines is 1. The van der Waals surface area contributed by atoms with Crippen LogP contribution in [0.3, 0.4) is 0 Å². The summed E-state index contributed by atoms with van der Waals surface area (Å²) in [7, 11) is 2.25. The molecule has 2 aliphatic rings. The second kappa shape index (κ2) is 10.4. The van der Waals surface area contributed by atoms with E-state index >= 15 is 0 Å². The van der Waals surface area contributed by atoms with Crippen molar-refractivity contribution in [3.63, 3.8) is 0 Å². The molecule has 7 nitrogen and oxygen atoms in total. The van der Waals surface area contributed by atoms with E-state index in [0.717, 1.165) is 60.9 Å². The van der Waals surface area contributed by atoms with Gasteiger partial charge in [-0.05, 0) is 57.7 Å². The second-order valence-electron chi connectivity index (χ2n) is 9.73. The first-order chi connectivity index (χ1) is 17.0. The molecule has 2 N–H and O–H groups in total. The molecule has 1 saturated carbocycles. The standard InChI is InChI=1S/C27H33ClN6O/c1-3-25(35)34-13-11-19(12-14-34)33(2)20-8-6-7-18(15-20)31-27-30-17-23(28)26(32-27)22-16-29-24-10-5-4-9-21(22)24/h3-5,9-10,16-20,29H,1,6-8,11-15H2,2H3,(H,30,31,32)/t18-,20+/m0/s1. The van der Waals surface area contributed by atoms with Crippen LogP contribution in [0.25, 0.3) is 22.2 Å². The summed E-state index contributed by atoms with van der Waals surface area (Å²) in [6.07, 6.45) is 11.6. The zero-order valence-corrected chi connectivity index (χ0v) is 21.0. The number of likely N-dealkylation sites (tertiary alicyclic amines) is 1. The van der Waals surface area contributed by atoms with Gasteiger partial charge in [-0.2, -0.15) is 0 Å². The highest BCUT2D eigenvalue weighted by molar-refractivity contribution is 6.33. The van der Waals surface area contributed by atoms with Crippen LogP contribution in [-0.4, -0.2) is 68.9 Å². The predicted octanol–water partition coefficient (Wildman–Crippen LogP) is 5.11. The number of aromatic nitrogens is 3. The van der Waals surface area contributed by atoms with Crippen molar-refractivity contribution in [1.82, 2.24) is 24.8 Å². The van der Waals surface area contributed by atoms with E-state index in [1.165, 1.54) is 18.9 Å². The molecule has 3 heterocycles. The number of H-pyrrole nitrogens is 1. The zero-order valence-electron chi connectivity index (χ0n) is 20.2. The van der Waals surface area contributed by atoms with Gasteiger partial charge in [0, 0.05) is 53.9 Å². The second-order valence-corrected chi connectivity index (χ2v) is 10.1. The molecule has 35 heavy (non-hydrogen) atoms. The van der Waals surface area contributed by atoms with Gasteiger partial charge >= 0.3 is 0 Å². The third-order valence-electron chi connectivity index (χ3n) is 7.67. The lowest BCUT2D eigenvalue weighted by Crippen LogP contribution is -2.50. The molecule has 0 bridgehead atoms. The molecule has 2 atom stereocenters. The van der Waals surface area contributed by atoms with E-state index in [4.69, 9.17) is 16.6 Å². The minimum Gasteiger partial charge on any atom is -0.360 e. The monoisotopic (exact) mass is 492 g/mol. The number of hydrogen-bond acceptors (Lipinski definition) is 5. The van der Waals surface area contributed by atoms with Crippen molar-refractivity contribution >= 4 is 34.4 Å². The van der Waals surface area contributed by atoms with Gasteiger partial charge < -0.3 is 20.1 Å². The van der Waals surface area contributed by atoms with Crippen molar-refractivity contribution in [2.24, 2.45) is 0 Å². The molecule has 1 saturated heterocycles. The van der Waals surface area contributed by atoms with Crippen LogP contribution in [0.1, 0.15) is 38.5 Å². The van der Waals surface area contributed by atoms with Gasteiger partial charge in [0.1, 0.15) is 0 Å². The molecule has 8 heteroatoms. The largest absolute Gasteiger partial charge is 0.360 e. The SMILES string of the molecule is C=CC(=O)N1CCC(N(C)[C@@H]2CCC[C@H](Nc3ncc(Cl)c(-c4c[nH]c5ccccc45)n3)C2)CC1. The van der Waals surface area contributed by atoms with Gasteiger partial charge in [-0.25, -0.2) is 9.97 Å². The molecule has 2 fully saturated rings. The topological polar surface area (TPSA) is 77.2 Å². The molecule has 1 aromatic carbocycles. The molecule has 1 aliphatic heterocycles. The van der Waals surface area contributed by atoms with E-state index in [2.05, 4.69) is 39.9 Å². The Kier molecular flexibility index (Phi) is 7.07. The predicted molar refractivity (Wildman–Crippen MR) is 142 cm³/mol. The number of halogens is 1. The molecule has 2 aromatic heterocycles. The molecular formula is C27H33ClN6O. The van der Waals surface area contributed by atoms with Gasteiger partial charge in [-0.1, -0.05) is 36.4 Å². The van der Waals surface area contributed by atoms with Crippen LogP contribution in [0.15, 0.2) is 49.3 Å². The van der Waals surface area contributed by atoms with Crippen LogP contribution >= 0.6 is 11.6 Å². The van der Waals surface area contributed by atoms with Crippen molar-refractivity contribution in [3.05, 3.63) is 54.3 Å². The molecule has 0 spiro atoms. The van der Waals surface area contributed by atoms with E-state index < -0.39 is 0 Å². The lowest BCUT2D eigenvalue weighted by Gasteiger charge is -2.43. The number of anilines is 1. The molecule has 0 radical (unpaired) electrons. The Hall–Kier alpha value is -2.90. The molecule has 1 aliphatic carbocycles. The number of amides is 1. The number of benzene rings is 1. The van der Waals surface area contributed by atoms with Crippen LogP contribution in [0.4, 0.5) is 5.95 Å². The lowest BCUT2D eigenvalue weighted by atomic mass is 9.88. The van der Waals surface area contributed by atoms with Crippen LogP contribution in [0, 0.1) is 0 Å². The molecule has 0 unspecified atom stereocenters. The fourth-order valence-electron chi connectivity index (χ4n) is 5.66. The molecule has 5 rings (SSSR count). The Morgan fingerprint density at radius 3 is 2.83 bits per heavy atom. The number of piperidine rings is 1. The average Bonchev–Trinajstić information content (AvgIpc) is 3.33. The van der Waals surface area contributed by atoms with Gasteiger partial charge in [-0.3, -0.25) is 4.79 Å². The van der Waals surface area contributed by atoms with Crippen molar-refractivity contribution in [2.75, 3.05) is 25.5 Å². The smallest absolute Gasteiger partial charge is 0.245 e. The number of carbonyl (C=O) groups is 1. The molecule has 3 aromatic rings. The lowest BCUT2D eigenvalue weighted by molar-refractivity contribution is -0.127. The maximum Gasteiger partial charge on any atom is 0.245 e. The van der Waals surface area contributed by atoms with Gasteiger partial charge in [0.25, 0.3) is 0 Å². The highest BCUT2D eigenvalue weighted by Gasteiger charge is 2.31. The summed E-state index contributed by atoms with van der Waals surface area (Å²) in [6, 6.07) is 9.49. The fourth-order valence-corrected chi connectivity index (χ4v) is 5.85. The summed E-state index contributed by atoms with van der Waals surface area (Å²) in [6.45, 7) is 5.23. The molecular weight excluding hydrogens is 460 g/mol. The number of nitrogens with one attached hydrogen (secondary N) is 2. The van der Waals surface area contributed by atoms with E-state index in [0.29, 0.717) is 29.1 Å². The Morgan fingerprint density at radius 1 is 1.23 bits per heavy atom. The van der Waals surface area contributed by atoms with Gasteiger partial charge in [0.15, 0.2) is 0 Å². The fraction of sp³-hybridized carbons (Fsp3) is 0.444. The molecule has 1 amide bonds. The average molecular weight is 493 g/mol. The summed E-state index contributed by atoms with van der Waals surface area (Å²) in [5.41, 5.74) is 2.79. The molecule has 184 valence electrons. The van der Waals surface area contributed by atoms with Crippen LogP contribution in [0.5, 0.6) is 0 Å². The highest BCUT2D eigenvalue weighted by Crippen LogP contribution is 2.33. The van der Waals surface area contributed by atoms with E-state index in [1.807, 2.05) is 29.3 Å². The Morgan fingerprint density at radius 2 is 2.03 bits per heavy atom. The summed E-state index contributed by atoms with van der Waals surface area (Å²) in [5.74, 6) is 0.669. The normalized spacial score (nSPS) is 21.4. The highest BCUT2D eigenvalue weighted by atomic mass is 35.5. The van der Waals surface area contributed by atoms with Crippen LogP contribution < -0.4 is 5.32 Å². The van der Waals surface area contributed by atoms with E-state index in [9.17, 15) is 4.79 Å². The van der Waals surface area contributed by atoms with E-state index in [-0.39, 0.29) is 5.91 Å². The first-order valence-electron chi connectivity index (χ1n) is 12.5. The van der Waals surface area contributed by atoms with Gasteiger partial charge in [-0.15, -0.1) is 0 Å². The van der Waals surface area contributed by atoms with Crippen molar-refractivity contribution < 1.29 is 4.79 Å². The third-order valence-corrected chi connectivity index (χ3v) is 7.95. The summed E-state index contributed by atoms with van der Waals surface area (Å²) in [4.78, 5) is 29.0. The number of fused-ring (bicyclic) bond motifs is 1. The van der Waals surface area contributed by atoms with Crippen LogP contribution in [0.2, 0.25) is 5.02 Å². The van der Waals surface area contributed by atoms with Crippen LogP contribution in [-0.2, 0) is 4.79 Å². The Balaban J connectivity index is 1.24. The maximum atomic E-state index is 11.9. The minimum atomic E-state index is 0.0444. The maximum absolute atomic E-state index is 11.9. The minimum absolute atomic E-state index is 0.0444.